The molecular formula is C16H19N3O. The Hall–Kier alpha value is -2.49. The molecule has 0 radical (unpaired) electrons. The van der Waals surface area contributed by atoms with E-state index in [9.17, 15) is 4.79 Å². The van der Waals surface area contributed by atoms with Gasteiger partial charge in [0.25, 0.3) is 0 Å². The van der Waals surface area contributed by atoms with Crippen LogP contribution in [0.1, 0.15) is 28.4 Å². The zero-order chi connectivity index (χ0) is 14.7. The molecule has 4 nitrogen and oxygen atoms in total. The van der Waals surface area contributed by atoms with Gasteiger partial charge in [-0.2, -0.15) is 0 Å². The summed E-state index contributed by atoms with van der Waals surface area (Å²) in [7, 11) is 0. The number of nitrogen functional groups attached to an aromatic ring is 1. The van der Waals surface area contributed by atoms with Crippen LogP contribution >= 0.6 is 0 Å². The number of carbonyl (C=O) groups excluding carboxylic acids is 1. The van der Waals surface area contributed by atoms with E-state index in [4.69, 9.17) is 11.5 Å². The number of primary amides is 1. The first-order chi connectivity index (χ1) is 9.52. The fraction of sp³-hybridized carbons (Fsp3) is 0.188. The molecule has 0 heterocycles. The van der Waals surface area contributed by atoms with E-state index in [1.54, 1.807) is 18.2 Å². The van der Waals surface area contributed by atoms with Gasteiger partial charge >= 0.3 is 0 Å². The SMILES string of the molecule is CCc1cccc(C)c1Nc1cc(C(N)=O)ccc1N. The summed E-state index contributed by atoms with van der Waals surface area (Å²) in [5.74, 6) is -0.464. The Kier molecular flexibility index (Phi) is 3.94. The average Bonchev–Trinajstić information content (AvgIpc) is 2.42. The highest BCUT2D eigenvalue weighted by Crippen LogP contribution is 2.29. The maximum absolute atomic E-state index is 11.3. The van der Waals surface area contributed by atoms with Crippen LogP contribution in [0.3, 0.4) is 0 Å². The fourth-order valence-electron chi connectivity index (χ4n) is 2.15. The van der Waals surface area contributed by atoms with Crippen molar-refractivity contribution in [1.82, 2.24) is 0 Å². The van der Waals surface area contributed by atoms with Crippen molar-refractivity contribution < 1.29 is 4.79 Å². The maximum atomic E-state index is 11.3. The van der Waals surface area contributed by atoms with Crippen LogP contribution in [-0.2, 0) is 6.42 Å². The van der Waals surface area contributed by atoms with E-state index in [0.717, 1.165) is 17.7 Å². The molecule has 1 amide bonds. The molecule has 5 N–H and O–H groups in total. The first kappa shape index (κ1) is 13.9. The number of nitrogens with one attached hydrogen (secondary N) is 1. The highest BCUT2D eigenvalue weighted by molar-refractivity contribution is 5.95. The van der Waals surface area contributed by atoms with Crippen LogP contribution in [0.25, 0.3) is 0 Å². The van der Waals surface area contributed by atoms with Gasteiger partial charge in [-0.25, -0.2) is 0 Å². The van der Waals surface area contributed by atoms with E-state index in [1.165, 1.54) is 5.56 Å². The quantitative estimate of drug-likeness (QED) is 0.746. The van der Waals surface area contributed by atoms with Gasteiger partial charge in [0.15, 0.2) is 0 Å². The van der Waals surface area contributed by atoms with Gasteiger partial charge in [0, 0.05) is 11.3 Å². The lowest BCUT2D eigenvalue weighted by Crippen LogP contribution is -2.11. The van der Waals surface area contributed by atoms with Crippen LogP contribution in [0, 0.1) is 6.92 Å². The molecule has 104 valence electrons. The summed E-state index contributed by atoms with van der Waals surface area (Å²) >= 11 is 0. The van der Waals surface area contributed by atoms with E-state index in [2.05, 4.69) is 18.3 Å². The summed E-state index contributed by atoms with van der Waals surface area (Å²) in [5, 5.41) is 3.32. The lowest BCUT2D eigenvalue weighted by molar-refractivity contribution is 0.100. The minimum atomic E-state index is -0.464. The third-order valence-electron chi connectivity index (χ3n) is 3.34. The zero-order valence-corrected chi connectivity index (χ0v) is 11.7. The molecule has 2 rings (SSSR count). The van der Waals surface area contributed by atoms with E-state index < -0.39 is 5.91 Å². The molecule has 0 unspecified atom stereocenters. The average molecular weight is 269 g/mol. The summed E-state index contributed by atoms with van der Waals surface area (Å²) in [4.78, 5) is 11.3. The maximum Gasteiger partial charge on any atom is 0.248 e. The van der Waals surface area contributed by atoms with Crippen molar-refractivity contribution in [3.8, 4) is 0 Å². The van der Waals surface area contributed by atoms with Crippen molar-refractivity contribution in [2.24, 2.45) is 5.73 Å². The second-order valence-corrected chi connectivity index (χ2v) is 4.75. The van der Waals surface area contributed by atoms with E-state index >= 15 is 0 Å². The number of benzene rings is 2. The zero-order valence-electron chi connectivity index (χ0n) is 11.7. The summed E-state index contributed by atoms with van der Waals surface area (Å²) in [6, 6.07) is 11.1. The Balaban J connectivity index is 2.44. The van der Waals surface area contributed by atoms with Gasteiger partial charge in [-0.05, 0) is 42.7 Å². The molecule has 0 fully saturated rings. The minimum Gasteiger partial charge on any atom is -0.397 e. The monoisotopic (exact) mass is 269 g/mol. The normalized spacial score (nSPS) is 10.3. The minimum absolute atomic E-state index is 0.438. The van der Waals surface area contributed by atoms with Crippen LogP contribution < -0.4 is 16.8 Å². The lowest BCUT2D eigenvalue weighted by atomic mass is 10.0. The van der Waals surface area contributed by atoms with Crippen molar-refractivity contribution in [2.75, 3.05) is 11.1 Å². The van der Waals surface area contributed by atoms with Gasteiger partial charge in [-0.3, -0.25) is 4.79 Å². The molecule has 0 spiro atoms. The smallest absolute Gasteiger partial charge is 0.248 e. The van der Waals surface area contributed by atoms with Gasteiger partial charge in [0.2, 0.25) is 5.91 Å². The summed E-state index contributed by atoms with van der Waals surface area (Å²) in [6.07, 6.45) is 0.916. The highest BCUT2D eigenvalue weighted by atomic mass is 16.1. The molecule has 0 bridgehead atoms. The molecule has 2 aromatic carbocycles. The Morgan fingerprint density at radius 2 is 2.00 bits per heavy atom. The van der Waals surface area contributed by atoms with Gasteiger partial charge in [-0.15, -0.1) is 0 Å². The third kappa shape index (κ3) is 2.74. The number of carbonyl (C=O) groups is 1. The molecule has 0 aliphatic rings. The third-order valence-corrected chi connectivity index (χ3v) is 3.34. The summed E-state index contributed by atoms with van der Waals surface area (Å²) < 4.78 is 0. The van der Waals surface area contributed by atoms with Crippen molar-refractivity contribution in [3.63, 3.8) is 0 Å². The number of anilines is 3. The van der Waals surface area contributed by atoms with Gasteiger partial charge in [0.1, 0.15) is 0 Å². The number of rotatable bonds is 4. The standard InChI is InChI=1S/C16H19N3O/c1-3-11-6-4-5-10(2)15(11)19-14-9-12(16(18)20)7-8-13(14)17/h4-9,19H,3,17H2,1-2H3,(H2,18,20). The number of nitrogens with two attached hydrogens (primary N) is 2. The topological polar surface area (TPSA) is 81.1 Å². The van der Waals surface area contributed by atoms with Crippen LogP contribution in [0.15, 0.2) is 36.4 Å². The van der Waals surface area contributed by atoms with Crippen molar-refractivity contribution >= 4 is 23.0 Å². The number of hydrogen-bond donors (Lipinski definition) is 3. The second-order valence-electron chi connectivity index (χ2n) is 4.75. The predicted octanol–water partition coefficient (Wildman–Crippen LogP) is 2.98. The highest BCUT2D eigenvalue weighted by Gasteiger charge is 2.09. The molecule has 0 aliphatic heterocycles. The molecule has 4 heteroatoms. The molecule has 0 aliphatic carbocycles. The van der Waals surface area contributed by atoms with Gasteiger partial charge in [-0.1, -0.05) is 25.1 Å². The largest absolute Gasteiger partial charge is 0.397 e. The van der Waals surface area contributed by atoms with Crippen LogP contribution in [-0.4, -0.2) is 5.91 Å². The van der Waals surface area contributed by atoms with Crippen LogP contribution in [0.4, 0.5) is 17.1 Å². The van der Waals surface area contributed by atoms with Crippen molar-refractivity contribution in [2.45, 2.75) is 20.3 Å². The van der Waals surface area contributed by atoms with Crippen LogP contribution in [0.2, 0.25) is 0 Å². The van der Waals surface area contributed by atoms with Crippen LogP contribution in [0.5, 0.6) is 0 Å². The number of aryl methyl sites for hydroxylation is 2. The molecule has 0 saturated heterocycles. The molecular weight excluding hydrogens is 250 g/mol. The summed E-state index contributed by atoms with van der Waals surface area (Å²) in [6.45, 7) is 4.14. The number of hydrogen-bond acceptors (Lipinski definition) is 3. The number of amides is 1. The molecule has 0 atom stereocenters. The van der Waals surface area contributed by atoms with Crippen molar-refractivity contribution in [1.29, 1.82) is 0 Å². The second kappa shape index (κ2) is 5.65. The number of para-hydroxylation sites is 1. The van der Waals surface area contributed by atoms with E-state index in [0.29, 0.717) is 16.9 Å². The fourth-order valence-corrected chi connectivity index (χ4v) is 2.15. The van der Waals surface area contributed by atoms with Gasteiger partial charge in [0.05, 0.1) is 11.4 Å². The van der Waals surface area contributed by atoms with E-state index in [-0.39, 0.29) is 0 Å². The molecule has 0 aromatic heterocycles. The Labute approximate surface area is 118 Å². The van der Waals surface area contributed by atoms with Crippen molar-refractivity contribution in [3.05, 3.63) is 53.1 Å². The molecule has 2 aromatic rings. The Bertz CT molecular complexity index is 650. The summed E-state index contributed by atoms with van der Waals surface area (Å²) in [5.41, 5.74) is 16.4. The van der Waals surface area contributed by atoms with E-state index in [1.807, 2.05) is 19.1 Å². The molecule has 0 saturated carbocycles. The first-order valence-corrected chi connectivity index (χ1v) is 6.57. The predicted molar refractivity (Wildman–Crippen MR) is 83.2 cm³/mol. The Morgan fingerprint density at radius 3 is 2.65 bits per heavy atom. The van der Waals surface area contributed by atoms with Gasteiger partial charge < -0.3 is 16.8 Å². The Morgan fingerprint density at radius 1 is 1.25 bits per heavy atom. The lowest BCUT2D eigenvalue weighted by Gasteiger charge is -2.16. The first-order valence-electron chi connectivity index (χ1n) is 6.57. The molecule has 20 heavy (non-hydrogen) atoms.